The van der Waals surface area contributed by atoms with E-state index < -0.39 is 11.7 Å². The van der Waals surface area contributed by atoms with Crippen molar-refractivity contribution in [1.82, 2.24) is 15.6 Å². The van der Waals surface area contributed by atoms with E-state index in [2.05, 4.69) is 5.32 Å². The van der Waals surface area contributed by atoms with Crippen LogP contribution in [-0.4, -0.2) is 42.6 Å². The van der Waals surface area contributed by atoms with Crippen LogP contribution in [0.25, 0.3) is 0 Å². The Kier molecular flexibility index (Phi) is 5.84. The summed E-state index contributed by atoms with van der Waals surface area (Å²) in [5, 5.41) is 2.82. The Bertz CT molecular complexity index is 857. The number of morpholine rings is 1. The van der Waals surface area contributed by atoms with Crippen molar-refractivity contribution in [3.63, 3.8) is 0 Å². The van der Waals surface area contributed by atoms with Crippen LogP contribution in [0.1, 0.15) is 60.9 Å². The Balaban J connectivity index is 1.15. The number of hydrazine groups is 1. The van der Waals surface area contributed by atoms with Gasteiger partial charge in [0.2, 0.25) is 0 Å². The summed E-state index contributed by atoms with van der Waals surface area (Å²) in [4.78, 5) is 26.1. The van der Waals surface area contributed by atoms with Crippen molar-refractivity contribution < 1.29 is 18.7 Å². The molecule has 6 rings (SSSR count). The molecule has 1 aromatic rings. The average molecular weight is 445 g/mol. The Morgan fingerprint density at radius 2 is 1.84 bits per heavy atom. The zero-order chi connectivity index (χ0) is 22.3. The van der Waals surface area contributed by atoms with Crippen LogP contribution < -0.4 is 16.6 Å². The number of nitrogens with zero attached hydrogens (tertiary/aromatic N) is 1. The maximum Gasteiger partial charge on any atom is 0.317 e. The summed E-state index contributed by atoms with van der Waals surface area (Å²) in [6, 6.07) is 3.91. The number of amides is 3. The molecule has 4 N–H and O–H groups in total. The Hall–Kier alpha value is -2.19. The maximum atomic E-state index is 14.3. The lowest BCUT2D eigenvalue weighted by molar-refractivity contribution is -0.101. The molecule has 4 saturated carbocycles. The number of carbonyl (C=O) groups is 2. The van der Waals surface area contributed by atoms with Gasteiger partial charge < -0.3 is 15.0 Å². The van der Waals surface area contributed by atoms with Crippen LogP contribution in [-0.2, 0) is 11.3 Å². The van der Waals surface area contributed by atoms with E-state index in [4.69, 9.17) is 10.6 Å². The van der Waals surface area contributed by atoms with Crippen LogP contribution in [0, 0.1) is 29.0 Å². The van der Waals surface area contributed by atoms with Gasteiger partial charge in [0, 0.05) is 30.8 Å². The number of carbonyl (C=O) groups excluding carboxylic acids is 2. The molecule has 1 unspecified atom stereocenters. The number of benzene rings is 1. The van der Waals surface area contributed by atoms with Crippen LogP contribution >= 0.6 is 0 Å². The monoisotopic (exact) mass is 444 g/mol. The molecule has 5 fully saturated rings. The number of rotatable bonds is 5. The highest BCUT2D eigenvalue weighted by atomic mass is 19.1. The third-order valence-corrected chi connectivity index (χ3v) is 8.13. The van der Waals surface area contributed by atoms with Crippen LogP contribution in [0.4, 0.5) is 9.18 Å². The van der Waals surface area contributed by atoms with E-state index >= 15 is 0 Å². The van der Waals surface area contributed by atoms with Gasteiger partial charge in [-0.2, -0.15) is 0 Å². The van der Waals surface area contributed by atoms with Crippen molar-refractivity contribution in [1.29, 1.82) is 0 Å². The lowest BCUT2D eigenvalue weighted by atomic mass is 9.48. The molecule has 174 valence electrons. The summed E-state index contributed by atoms with van der Waals surface area (Å²) in [6.07, 6.45) is 9.42. The van der Waals surface area contributed by atoms with Gasteiger partial charge in [-0.05, 0) is 80.2 Å². The van der Waals surface area contributed by atoms with Gasteiger partial charge in [0.1, 0.15) is 5.82 Å². The molecule has 0 radical (unpaired) electrons. The van der Waals surface area contributed by atoms with E-state index in [9.17, 15) is 14.0 Å². The normalized spacial score (nSPS) is 33.2. The zero-order valence-corrected chi connectivity index (χ0v) is 18.4. The van der Waals surface area contributed by atoms with Gasteiger partial charge in [-0.25, -0.2) is 15.0 Å². The van der Waals surface area contributed by atoms with E-state index in [1.54, 1.807) is 4.90 Å². The van der Waals surface area contributed by atoms with Gasteiger partial charge in [0.25, 0.3) is 5.91 Å². The second-order valence-corrected chi connectivity index (χ2v) is 10.5. The van der Waals surface area contributed by atoms with Crippen molar-refractivity contribution in [3.8, 4) is 0 Å². The van der Waals surface area contributed by atoms with Gasteiger partial charge >= 0.3 is 6.03 Å². The van der Waals surface area contributed by atoms with E-state index in [1.165, 1.54) is 50.7 Å². The van der Waals surface area contributed by atoms with Crippen LogP contribution in [0.15, 0.2) is 18.2 Å². The number of hydrogen-bond donors (Lipinski definition) is 3. The summed E-state index contributed by atoms with van der Waals surface area (Å²) in [5.74, 6) is 6.69. The summed E-state index contributed by atoms with van der Waals surface area (Å²) in [5.41, 5.74) is 2.86. The van der Waals surface area contributed by atoms with Crippen molar-refractivity contribution in [2.75, 3.05) is 19.7 Å². The largest absolute Gasteiger partial charge is 0.375 e. The molecule has 8 heteroatoms. The number of ether oxygens (including phenoxy) is 1. The van der Waals surface area contributed by atoms with Crippen LogP contribution in [0.2, 0.25) is 0 Å². The molecule has 1 aromatic carbocycles. The second kappa shape index (κ2) is 8.63. The van der Waals surface area contributed by atoms with Crippen molar-refractivity contribution in [2.24, 2.45) is 29.0 Å². The molecule has 5 aliphatic rings. The highest BCUT2D eigenvalue weighted by Crippen LogP contribution is 2.61. The standard InChI is InChI=1S/C24H33FN4O3/c25-21-8-18(22(30)28-26)1-2-19(21)13-27-23(31)29-3-4-32-20(14-29)12-24-9-15-5-16(10-24)7-17(6-15)11-24/h1-2,8,15-17,20H,3-7,9-14,26H2,(H,27,31)(H,28,30). The molecular formula is C24H33FN4O3. The maximum absolute atomic E-state index is 14.3. The van der Waals surface area contributed by atoms with E-state index in [1.807, 2.05) is 5.43 Å². The Morgan fingerprint density at radius 3 is 2.47 bits per heavy atom. The summed E-state index contributed by atoms with van der Waals surface area (Å²) >= 11 is 0. The molecule has 0 spiro atoms. The summed E-state index contributed by atoms with van der Waals surface area (Å²) < 4.78 is 20.4. The number of urea groups is 1. The summed E-state index contributed by atoms with van der Waals surface area (Å²) in [7, 11) is 0. The highest BCUT2D eigenvalue weighted by Gasteiger charge is 2.51. The molecular weight excluding hydrogens is 411 g/mol. The predicted molar refractivity (Wildman–Crippen MR) is 117 cm³/mol. The molecule has 3 amide bonds. The lowest BCUT2D eigenvalue weighted by Crippen LogP contribution is -2.53. The number of nitrogens with one attached hydrogen (secondary N) is 2. The van der Waals surface area contributed by atoms with Gasteiger partial charge in [-0.3, -0.25) is 10.2 Å². The number of nitrogen functional groups attached to an aromatic ring is 1. The second-order valence-electron chi connectivity index (χ2n) is 10.5. The van der Waals surface area contributed by atoms with E-state index in [0.717, 1.165) is 30.2 Å². The third-order valence-electron chi connectivity index (χ3n) is 8.13. The fourth-order valence-corrected chi connectivity index (χ4v) is 7.25. The van der Waals surface area contributed by atoms with E-state index in [-0.39, 0.29) is 24.2 Å². The third kappa shape index (κ3) is 4.35. The van der Waals surface area contributed by atoms with Crippen molar-refractivity contribution >= 4 is 11.9 Å². The van der Waals surface area contributed by atoms with Gasteiger partial charge in [-0.15, -0.1) is 0 Å². The Labute approximate surface area is 188 Å². The number of hydrogen-bond acceptors (Lipinski definition) is 4. The molecule has 1 saturated heterocycles. The van der Waals surface area contributed by atoms with Crippen LogP contribution in [0.5, 0.6) is 0 Å². The first-order valence-electron chi connectivity index (χ1n) is 11.9. The predicted octanol–water partition coefficient (Wildman–Crippen LogP) is 2.95. The number of halogens is 1. The number of nitrogens with two attached hydrogens (primary N) is 1. The van der Waals surface area contributed by atoms with Crippen molar-refractivity contribution in [2.45, 2.75) is 57.6 Å². The molecule has 7 nitrogen and oxygen atoms in total. The molecule has 1 heterocycles. The first-order valence-corrected chi connectivity index (χ1v) is 11.9. The van der Waals surface area contributed by atoms with Gasteiger partial charge in [-0.1, -0.05) is 6.07 Å². The lowest BCUT2D eigenvalue weighted by Gasteiger charge is -2.58. The average Bonchev–Trinajstić information content (AvgIpc) is 2.76. The fourth-order valence-electron chi connectivity index (χ4n) is 7.25. The van der Waals surface area contributed by atoms with Gasteiger partial charge in [0.05, 0.1) is 12.7 Å². The minimum absolute atomic E-state index is 0.0617. The SMILES string of the molecule is NNC(=O)c1ccc(CNC(=O)N2CCOC(CC34CC5CC(CC(C5)C3)C4)C2)c(F)c1. The molecule has 4 aliphatic carbocycles. The Morgan fingerprint density at radius 1 is 1.16 bits per heavy atom. The molecule has 1 atom stereocenters. The van der Waals surface area contributed by atoms with E-state index in [0.29, 0.717) is 30.7 Å². The highest BCUT2D eigenvalue weighted by molar-refractivity contribution is 5.93. The van der Waals surface area contributed by atoms with Crippen molar-refractivity contribution in [3.05, 3.63) is 35.1 Å². The topological polar surface area (TPSA) is 96.7 Å². The zero-order valence-electron chi connectivity index (χ0n) is 18.4. The smallest absolute Gasteiger partial charge is 0.317 e. The molecule has 32 heavy (non-hydrogen) atoms. The fraction of sp³-hybridized carbons (Fsp3) is 0.667. The molecule has 1 aliphatic heterocycles. The van der Waals surface area contributed by atoms with Crippen LogP contribution in [0.3, 0.4) is 0 Å². The quantitative estimate of drug-likeness (QED) is 0.370. The summed E-state index contributed by atoms with van der Waals surface area (Å²) in [6.45, 7) is 1.74. The molecule has 0 aromatic heterocycles. The molecule has 4 bridgehead atoms. The minimum atomic E-state index is -0.558. The first-order chi connectivity index (χ1) is 15.4. The van der Waals surface area contributed by atoms with Gasteiger partial charge in [0.15, 0.2) is 0 Å². The minimum Gasteiger partial charge on any atom is -0.375 e. The first kappa shape index (κ1) is 21.6.